The first-order valence-electron chi connectivity index (χ1n) is 7.70. The Morgan fingerprint density at radius 3 is 2.43 bits per heavy atom. The van der Waals surface area contributed by atoms with E-state index in [9.17, 15) is 4.79 Å². The Labute approximate surface area is 138 Å². The number of ketones is 1. The van der Waals surface area contributed by atoms with Crippen LogP contribution in [0.4, 0.5) is 0 Å². The third kappa shape index (κ3) is 3.92. The maximum atomic E-state index is 11.7. The van der Waals surface area contributed by atoms with Gasteiger partial charge in [-0.25, -0.2) is 0 Å². The normalized spacial score (nSPS) is 12.3. The Balaban J connectivity index is 2.55. The van der Waals surface area contributed by atoms with Crippen LogP contribution >= 0.6 is 0 Å². The molecular weight excluding hydrogens is 288 g/mol. The highest BCUT2D eigenvalue weighted by Crippen LogP contribution is 2.37. The minimum absolute atomic E-state index is 0.0205. The second-order valence-electron chi connectivity index (χ2n) is 6.72. The number of allylic oxidation sites excluding steroid dienone is 1. The fourth-order valence-electron chi connectivity index (χ4n) is 2.52. The molecule has 1 aromatic heterocycles. The Bertz CT molecular complexity index is 742. The summed E-state index contributed by atoms with van der Waals surface area (Å²) in [6.07, 6.45) is 2.09. The van der Waals surface area contributed by atoms with Gasteiger partial charge in [0.05, 0.1) is 12.7 Å². The monoisotopic (exact) mass is 312 g/mol. The number of Topliss-reactive ketones (excluding diaryl/α,β-unsaturated/α-hetero) is 1. The van der Waals surface area contributed by atoms with Gasteiger partial charge in [0.1, 0.15) is 17.3 Å². The largest absolute Gasteiger partial charge is 0.497 e. The molecule has 0 saturated heterocycles. The van der Waals surface area contributed by atoms with Crippen molar-refractivity contribution in [2.45, 2.75) is 34.6 Å². The van der Waals surface area contributed by atoms with E-state index in [1.165, 1.54) is 0 Å². The molecule has 1 heterocycles. The van der Waals surface area contributed by atoms with Crippen LogP contribution in [0.15, 0.2) is 34.7 Å². The van der Waals surface area contributed by atoms with Gasteiger partial charge in [0, 0.05) is 5.57 Å². The van der Waals surface area contributed by atoms with Crippen molar-refractivity contribution in [3.63, 3.8) is 0 Å². The number of hydrogen-bond acceptors (Lipinski definition) is 3. The minimum atomic E-state index is -0.124. The lowest BCUT2D eigenvalue weighted by atomic mass is 9.83. The summed E-state index contributed by atoms with van der Waals surface area (Å²) in [6, 6.07) is 9.72. The first-order valence-corrected chi connectivity index (χ1v) is 7.70. The van der Waals surface area contributed by atoms with E-state index in [1.54, 1.807) is 14.0 Å². The highest BCUT2D eigenvalue weighted by atomic mass is 16.5. The molecule has 1 aromatic carbocycles. The van der Waals surface area contributed by atoms with E-state index >= 15 is 0 Å². The van der Waals surface area contributed by atoms with Crippen LogP contribution in [0, 0.1) is 12.3 Å². The van der Waals surface area contributed by atoms with Crippen molar-refractivity contribution in [3.05, 3.63) is 53.0 Å². The summed E-state index contributed by atoms with van der Waals surface area (Å²) in [5.41, 5.74) is 2.59. The molecule has 3 heteroatoms. The van der Waals surface area contributed by atoms with Crippen LogP contribution in [0.1, 0.15) is 55.1 Å². The molecule has 0 aliphatic carbocycles. The molecule has 3 nitrogen and oxygen atoms in total. The Kier molecular flexibility index (Phi) is 4.79. The number of aryl methyl sites for hydroxylation is 1. The smallest absolute Gasteiger partial charge is 0.163 e. The fraction of sp³-hybridized carbons (Fsp3) is 0.350. The molecule has 0 N–H and O–H groups in total. The van der Waals surface area contributed by atoms with E-state index < -0.39 is 0 Å². The first kappa shape index (κ1) is 17.1. The van der Waals surface area contributed by atoms with Crippen LogP contribution in [0.3, 0.4) is 0 Å². The zero-order valence-electron chi connectivity index (χ0n) is 14.7. The molecule has 0 radical (unpaired) electrons. The highest BCUT2D eigenvalue weighted by Gasteiger charge is 2.24. The summed E-state index contributed by atoms with van der Waals surface area (Å²) in [5, 5.41) is 0. The summed E-state index contributed by atoms with van der Waals surface area (Å²) in [7, 11) is 1.66. The van der Waals surface area contributed by atoms with E-state index in [2.05, 4.69) is 26.8 Å². The number of rotatable bonds is 4. The van der Waals surface area contributed by atoms with Crippen molar-refractivity contribution in [2.75, 3.05) is 7.11 Å². The van der Waals surface area contributed by atoms with Crippen molar-refractivity contribution in [3.8, 4) is 5.75 Å². The molecule has 0 bridgehead atoms. The number of methoxy groups -OCH3 is 1. The van der Waals surface area contributed by atoms with E-state index in [-0.39, 0.29) is 11.2 Å². The van der Waals surface area contributed by atoms with Crippen LogP contribution in [0.2, 0.25) is 0 Å². The van der Waals surface area contributed by atoms with Crippen LogP contribution < -0.4 is 4.74 Å². The van der Waals surface area contributed by atoms with E-state index in [0.717, 1.165) is 22.6 Å². The third-order valence-corrected chi connectivity index (χ3v) is 3.78. The van der Waals surface area contributed by atoms with Gasteiger partial charge in [-0.2, -0.15) is 0 Å². The van der Waals surface area contributed by atoms with Crippen LogP contribution in [-0.4, -0.2) is 12.9 Å². The van der Waals surface area contributed by atoms with Crippen molar-refractivity contribution >= 4 is 17.4 Å². The van der Waals surface area contributed by atoms with E-state index in [4.69, 9.17) is 9.15 Å². The molecule has 122 valence electrons. The molecule has 2 aromatic rings. The molecule has 0 fully saturated rings. The van der Waals surface area contributed by atoms with Crippen molar-refractivity contribution in [2.24, 2.45) is 5.41 Å². The van der Waals surface area contributed by atoms with Gasteiger partial charge in [0.25, 0.3) is 0 Å². The van der Waals surface area contributed by atoms with Gasteiger partial charge in [-0.05, 0) is 49.1 Å². The third-order valence-electron chi connectivity index (χ3n) is 3.78. The molecule has 0 atom stereocenters. The van der Waals surface area contributed by atoms with Crippen LogP contribution in [0.25, 0.3) is 11.6 Å². The van der Waals surface area contributed by atoms with Crippen molar-refractivity contribution in [1.82, 2.24) is 0 Å². The van der Waals surface area contributed by atoms with Gasteiger partial charge in [0.2, 0.25) is 0 Å². The van der Waals surface area contributed by atoms with E-state index in [1.807, 2.05) is 37.3 Å². The Hall–Kier alpha value is -2.29. The van der Waals surface area contributed by atoms with Crippen molar-refractivity contribution < 1.29 is 13.9 Å². The second kappa shape index (κ2) is 6.45. The average molecular weight is 312 g/mol. The predicted octanol–water partition coefficient (Wildman–Crippen LogP) is 5.39. The summed E-state index contributed by atoms with van der Waals surface area (Å²) >= 11 is 0. The molecule has 0 unspecified atom stereocenters. The molecule has 23 heavy (non-hydrogen) atoms. The SMILES string of the molecule is COc1cccc(/C=C(\c2cc(C(C)=O)c(C)o2)C(C)(C)C)c1. The zero-order valence-corrected chi connectivity index (χ0v) is 14.7. The van der Waals surface area contributed by atoms with Gasteiger partial charge in [-0.3, -0.25) is 4.79 Å². The maximum absolute atomic E-state index is 11.7. The van der Waals surface area contributed by atoms with Crippen molar-refractivity contribution in [1.29, 1.82) is 0 Å². The maximum Gasteiger partial charge on any atom is 0.163 e. The number of benzene rings is 1. The van der Waals surface area contributed by atoms with Gasteiger partial charge in [0.15, 0.2) is 5.78 Å². The zero-order chi connectivity index (χ0) is 17.2. The molecule has 0 spiro atoms. The average Bonchev–Trinajstić information content (AvgIpc) is 2.85. The number of hydrogen-bond donors (Lipinski definition) is 0. The number of carbonyl (C=O) groups is 1. The molecule has 0 aliphatic heterocycles. The lowest BCUT2D eigenvalue weighted by Crippen LogP contribution is -2.07. The standard InChI is InChI=1S/C20H24O3/c1-13(21)17-12-19(23-14(17)2)18(20(3,4)5)11-15-8-7-9-16(10-15)22-6/h7-12H,1-6H3/b18-11+. The number of ether oxygens (including phenoxy) is 1. The van der Waals surface area contributed by atoms with Crippen LogP contribution in [0.5, 0.6) is 5.75 Å². The molecule has 0 aliphatic rings. The Morgan fingerprint density at radius 1 is 1.22 bits per heavy atom. The van der Waals surface area contributed by atoms with E-state index in [0.29, 0.717) is 11.3 Å². The Morgan fingerprint density at radius 2 is 1.91 bits per heavy atom. The molecule has 0 saturated carbocycles. The lowest BCUT2D eigenvalue weighted by molar-refractivity contribution is 0.101. The predicted molar refractivity (Wildman–Crippen MR) is 93.8 cm³/mol. The minimum Gasteiger partial charge on any atom is -0.497 e. The second-order valence-corrected chi connectivity index (χ2v) is 6.72. The fourth-order valence-corrected chi connectivity index (χ4v) is 2.52. The van der Waals surface area contributed by atoms with Crippen LogP contribution in [-0.2, 0) is 0 Å². The quantitative estimate of drug-likeness (QED) is 0.711. The lowest BCUT2D eigenvalue weighted by Gasteiger charge is -2.21. The topological polar surface area (TPSA) is 39.4 Å². The molecule has 2 rings (SSSR count). The summed E-state index contributed by atoms with van der Waals surface area (Å²) in [6.45, 7) is 9.77. The number of furan rings is 1. The highest BCUT2D eigenvalue weighted by molar-refractivity contribution is 5.96. The van der Waals surface area contributed by atoms with Gasteiger partial charge in [-0.15, -0.1) is 0 Å². The number of carbonyl (C=O) groups excluding carboxylic acids is 1. The summed E-state index contributed by atoms with van der Waals surface area (Å²) in [5.74, 6) is 2.23. The van der Waals surface area contributed by atoms with Gasteiger partial charge < -0.3 is 9.15 Å². The molecular formula is C20H24O3. The first-order chi connectivity index (χ1) is 10.7. The van der Waals surface area contributed by atoms with Gasteiger partial charge >= 0.3 is 0 Å². The summed E-state index contributed by atoms with van der Waals surface area (Å²) in [4.78, 5) is 11.7. The van der Waals surface area contributed by atoms with Gasteiger partial charge in [-0.1, -0.05) is 32.9 Å². The molecule has 0 amide bonds. The summed E-state index contributed by atoms with van der Waals surface area (Å²) < 4.78 is 11.2.